The summed E-state index contributed by atoms with van der Waals surface area (Å²) in [5.41, 5.74) is 1.43. The number of rotatable bonds is 5. The van der Waals surface area contributed by atoms with E-state index >= 15 is 0 Å². The van der Waals surface area contributed by atoms with Crippen LogP contribution in [0.25, 0.3) is 5.57 Å². The molecule has 5 nitrogen and oxygen atoms in total. The van der Waals surface area contributed by atoms with E-state index in [2.05, 4.69) is 15.9 Å². The van der Waals surface area contributed by atoms with Crippen molar-refractivity contribution in [2.45, 2.75) is 18.9 Å². The Balaban J connectivity index is 1.81. The van der Waals surface area contributed by atoms with Crippen LogP contribution in [-0.2, 0) is 5.60 Å². The van der Waals surface area contributed by atoms with Crippen molar-refractivity contribution in [2.24, 2.45) is 0 Å². The summed E-state index contributed by atoms with van der Waals surface area (Å²) >= 11 is 9.45. The molecule has 0 spiro atoms. The van der Waals surface area contributed by atoms with Crippen LogP contribution in [0.5, 0.6) is 5.75 Å². The summed E-state index contributed by atoms with van der Waals surface area (Å²) in [4.78, 5) is 12.5. The molecule has 148 valence electrons. The van der Waals surface area contributed by atoms with E-state index in [0.29, 0.717) is 35.8 Å². The molecule has 2 aromatic carbocycles. The fourth-order valence-corrected chi connectivity index (χ4v) is 3.71. The molecular weight excluding hydrogens is 446 g/mol. The number of nitrogens with zero attached hydrogens (tertiary/aromatic N) is 1. The van der Waals surface area contributed by atoms with Gasteiger partial charge in [-0.1, -0.05) is 41.9 Å². The number of hydrogen-bond acceptors (Lipinski definition) is 3. The van der Waals surface area contributed by atoms with E-state index in [1.54, 1.807) is 31.2 Å². The van der Waals surface area contributed by atoms with Gasteiger partial charge in [0.15, 0.2) is 0 Å². The van der Waals surface area contributed by atoms with Gasteiger partial charge in [-0.3, -0.25) is 0 Å². The zero-order valence-corrected chi connectivity index (χ0v) is 17.7. The summed E-state index contributed by atoms with van der Waals surface area (Å²) < 4.78 is 6.82. The number of aliphatic hydroxyl groups is 1. The molecule has 1 atom stereocenters. The van der Waals surface area contributed by atoms with Gasteiger partial charge >= 0.3 is 6.09 Å². The Kier molecular flexibility index (Phi) is 6.33. The van der Waals surface area contributed by atoms with Crippen LogP contribution in [0.4, 0.5) is 4.79 Å². The van der Waals surface area contributed by atoms with Crippen molar-refractivity contribution in [3.05, 3.63) is 69.2 Å². The summed E-state index contributed by atoms with van der Waals surface area (Å²) in [5.74, 6) is 0.631. The van der Waals surface area contributed by atoms with Crippen LogP contribution in [0.2, 0.25) is 5.02 Å². The van der Waals surface area contributed by atoms with E-state index in [9.17, 15) is 9.90 Å². The van der Waals surface area contributed by atoms with Gasteiger partial charge in [0.1, 0.15) is 18.0 Å². The van der Waals surface area contributed by atoms with E-state index in [1.165, 1.54) is 4.90 Å². The average molecular weight is 467 g/mol. The molecule has 0 bridgehead atoms. The highest BCUT2D eigenvalue weighted by Gasteiger charge is 2.26. The second kappa shape index (κ2) is 8.55. The maximum absolute atomic E-state index is 11.1. The lowest BCUT2D eigenvalue weighted by Gasteiger charge is -2.27. The topological polar surface area (TPSA) is 70.0 Å². The standard InChI is InChI=1S/C21H21BrClNO4/c1-21(27,15-5-7-16(23)8-6-15)13-28-19-17(3-2-4-18(19)22)14-9-11-24(12-10-14)20(25)26/h2-9,27H,10-13H2,1H3,(H,25,26). The molecule has 0 aliphatic carbocycles. The zero-order valence-electron chi connectivity index (χ0n) is 15.4. The third kappa shape index (κ3) is 4.69. The highest BCUT2D eigenvalue weighted by atomic mass is 79.9. The summed E-state index contributed by atoms with van der Waals surface area (Å²) in [7, 11) is 0. The van der Waals surface area contributed by atoms with Crippen LogP contribution >= 0.6 is 27.5 Å². The molecule has 1 heterocycles. The van der Waals surface area contributed by atoms with Crippen LogP contribution in [0.15, 0.2) is 53.0 Å². The fourth-order valence-electron chi connectivity index (χ4n) is 3.10. The lowest BCUT2D eigenvalue weighted by molar-refractivity contribution is 0.00726. The minimum Gasteiger partial charge on any atom is -0.488 e. The van der Waals surface area contributed by atoms with Gasteiger partial charge in [-0.2, -0.15) is 0 Å². The van der Waals surface area contributed by atoms with Gasteiger partial charge in [0.05, 0.1) is 4.47 Å². The molecule has 1 aliphatic rings. The Morgan fingerprint density at radius 3 is 2.61 bits per heavy atom. The van der Waals surface area contributed by atoms with Crippen LogP contribution in [-0.4, -0.2) is 40.9 Å². The molecule has 0 saturated heterocycles. The van der Waals surface area contributed by atoms with Crippen molar-refractivity contribution in [2.75, 3.05) is 19.7 Å². The number of amides is 1. The first-order valence-electron chi connectivity index (χ1n) is 8.85. The van der Waals surface area contributed by atoms with Crippen molar-refractivity contribution in [1.82, 2.24) is 4.90 Å². The van der Waals surface area contributed by atoms with Crippen molar-refractivity contribution < 1.29 is 19.7 Å². The zero-order chi connectivity index (χ0) is 20.3. The lowest BCUT2D eigenvalue weighted by Crippen LogP contribution is -2.33. The summed E-state index contributed by atoms with van der Waals surface area (Å²) in [6, 6.07) is 12.7. The van der Waals surface area contributed by atoms with Crippen LogP contribution in [0, 0.1) is 0 Å². The van der Waals surface area contributed by atoms with Gasteiger partial charge in [0.2, 0.25) is 0 Å². The minimum absolute atomic E-state index is 0.0543. The van der Waals surface area contributed by atoms with Crippen molar-refractivity contribution in [3.8, 4) is 5.75 Å². The maximum Gasteiger partial charge on any atom is 0.407 e. The fraction of sp³-hybridized carbons (Fsp3) is 0.286. The Morgan fingerprint density at radius 1 is 1.29 bits per heavy atom. The predicted octanol–water partition coefficient (Wildman–Crippen LogP) is 5.16. The van der Waals surface area contributed by atoms with Gasteiger partial charge in [0.25, 0.3) is 0 Å². The van der Waals surface area contributed by atoms with E-state index in [1.807, 2.05) is 24.3 Å². The van der Waals surface area contributed by atoms with E-state index in [-0.39, 0.29) is 6.61 Å². The predicted molar refractivity (Wildman–Crippen MR) is 113 cm³/mol. The monoisotopic (exact) mass is 465 g/mol. The Bertz CT molecular complexity index is 896. The first kappa shape index (κ1) is 20.7. The SMILES string of the molecule is CC(O)(COc1c(Br)cccc1C1=CCN(C(=O)O)CC1)c1ccc(Cl)cc1. The smallest absolute Gasteiger partial charge is 0.407 e. The molecule has 2 aromatic rings. The van der Waals surface area contributed by atoms with Gasteiger partial charge < -0.3 is 19.8 Å². The summed E-state index contributed by atoms with van der Waals surface area (Å²) in [6.45, 7) is 2.53. The Labute approximate surface area is 177 Å². The van der Waals surface area contributed by atoms with E-state index in [0.717, 1.165) is 15.6 Å². The van der Waals surface area contributed by atoms with E-state index < -0.39 is 11.7 Å². The summed E-state index contributed by atoms with van der Waals surface area (Å²) in [5, 5.41) is 20.6. The van der Waals surface area contributed by atoms with E-state index in [4.69, 9.17) is 21.4 Å². The van der Waals surface area contributed by atoms with Crippen LogP contribution < -0.4 is 4.74 Å². The number of benzene rings is 2. The summed E-state index contributed by atoms with van der Waals surface area (Å²) in [6.07, 6.45) is 1.59. The van der Waals surface area contributed by atoms with Crippen LogP contribution in [0.3, 0.4) is 0 Å². The van der Waals surface area contributed by atoms with Gasteiger partial charge in [-0.15, -0.1) is 0 Å². The Morgan fingerprint density at radius 2 is 2.00 bits per heavy atom. The molecule has 1 unspecified atom stereocenters. The van der Waals surface area contributed by atoms with Gasteiger partial charge in [-0.25, -0.2) is 4.79 Å². The molecule has 3 rings (SSSR count). The van der Waals surface area contributed by atoms with Crippen molar-refractivity contribution >= 4 is 39.2 Å². The minimum atomic E-state index is -1.20. The van der Waals surface area contributed by atoms with Crippen molar-refractivity contribution in [1.29, 1.82) is 0 Å². The third-order valence-electron chi connectivity index (χ3n) is 4.76. The molecule has 1 amide bonds. The number of para-hydroxylation sites is 1. The first-order valence-corrected chi connectivity index (χ1v) is 10.0. The number of hydrogen-bond donors (Lipinski definition) is 2. The molecule has 0 fully saturated rings. The molecule has 28 heavy (non-hydrogen) atoms. The second-order valence-electron chi connectivity index (χ2n) is 6.89. The molecule has 0 aromatic heterocycles. The number of carboxylic acid groups (broad SMARTS) is 1. The second-order valence-corrected chi connectivity index (χ2v) is 8.18. The van der Waals surface area contributed by atoms with Gasteiger partial charge in [-0.05, 0) is 58.6 Å². The van der Waals surface area contributed by atoms with Crippen molar-refractivity contribution in [3.63, 3.8) is 0 Å². The highest BCUT2D eigenvalue weighted by molar-refractivity contribution is 9.10. The number of ether oxygens (including phenoxy) is 1. The quantitative estimate of drug-likeness (QED) is 0.639. The molecule has 2 N–H and O–H groups in total. The molecule has 7 heteroatoms. The van der Waals surface area contributed by atoms with Crippen LogP contribution in [0.1, 0.15) is 24.5 Å². The normalized spacial score (nSPS) is 16.3. The Hall–Kier alpha value is -2.02. The molecule has 1 aliphatic heterocycles. The third-order valence-corrected chi connectivity index (χ3v) is 5.63. The molecular formula is C21H21BrClNO4. The van der Waals surface area contributed by atoms with Gasteiger partial charge in [0, 0.05) is 23.7 Å². The maximum atomic E-state index is 11.1. The lowest BCUT2D eigenvalue weighted by atomic mass is 9.96. The number of carbonyl (C=O) groups is 1. The number of halogens is 2. The largest absolute Gasteiger partial charge is 0.488 e. The highest BCUT2D eigenvalue weighted by Crippen LogP contribution is 2.37. The molecule has 0 saturated carbocycles. The molecule has 0 radical (unpaired) electrons. The first-order chi connectivity index (χ1) is 13.3. The average Bonchev–Trinajstić information content (AvgIpc) is 2.67.